The van der Waals surface area contributed by atoms with E-state index in [9.17, 15) is 13.2 Å². The first kappa shape index (κ1) is 26.9. The van der Waals surface area contributed by atoms with Crippen LogP contribution in [0.15, 0.2) is 53.4 Å². The van der Waals surface area contributed by atoms with Gasteiger partial charge in [-0.25, -0.2) is 13.4 Å². The average Bonchev–Trinajstić information content (AvgIpc) is 3.19. The summed E-state index contributed by atoms with van der Waals surface area (Å²) in [6.07, 6.45) is 3.57. The number of amides is 1. The normalized spacial score (nSPS) is 12.8. The Morgan fingerprint density at radius 3 is 2.43 bits per heavy atom. The molecule has 8 heteroatoms. The van der Waals surface area contributed by atoms with Crippen LogP contribution in [0.2, 0.25) is 0 Å². The highest BCUT2D eigenvalue weighted by Crippen LogP contribution is 2.24. The number of nitrogens with zero attached hydrogens (tertiary/aromatic N) is 3. The number of nitrogens with one attached hydrogen (secondary N) is 1. The highest BCUT2D eigenvalue weighted by molar-refractivity contribution is 7.89. The lowest BCUT2D eigenvalue weighted by Gasteiger charge is -2.18. The minimum Gasteiger partial charge on any atom is -0.354 e. The lowest BCUT2D eigenvalue weighted by Crippen LogP contribution is -2.33. The average molecular weight is 499 g/mol. The molecule has 0 aliphatic rings. The summed E-state index contributed by atoms with van der Waals surface area (Å²) in [5, 5.41) is 3.10. The fraction of sp³-hybridized carbons (Fsp3) is 0.481. The van der Waals surface area contributed by atoms with Crippen molar-refractivity contribution in [3.8, 4) is 0 Å². The molecule has 1 N–H and O–H groups in total. The number of rotatable bonds is 13. The Kier molecular flexibility index (Phi) is 9.46. The van der Waals surface area contributed by atoms with Gasteiger partial charge in [0.2, 0.25) is 15.9 Å². The van der Waals surface area contributed by atoms with Crippen molar-refractivity contribution < 1.29 is 13.2 Å². The molecule has 1 unspecified atom stereocenters. The summed E-state index contributed by atoms with van der Waals surface area (Å²) in [6.45, 7) is 9.41. The van der Waals surface area contributed by atoms with Gasteiger partial charge in [0.15, 0.2) is 0 Å². The van der Waals surface area contributed by atoms with Crippen LogP contribution in [0.4, 0.5) is 0 Å². The van der Waals surface area contributed by atoms with Gasteiger partial charge in [-0.05, 0) is 49.9 Å². The van der Waals surface area contributed by atoms with E-state index in [2.05, 4.69) is 28.9 Å². The number of carbonyl (C=O) groups excluding carboxylic acids is 1. The number of sulfonamides is 1. The summed E-state index contributed by atoms with van der Waals surface area (Å²) in [4.78, 5) is 17.6. The largest absolute Gasteiger partial charge is 0.354 e. The zero-order valence-electron chi connectivity index (χ0n) is 21.3. The quantitative estimate of drug-likeness (QED) is 0.375. The summed E-state index contributed by atoms with van der Waals surface area (Å²) >= 11 is 0. The Morgan fingerprint density at radius 1 is 1.06 bits per heavy atom. The van der Waals surface area contributed by atoms with E-state index >= 15 is 0 Å². The third kappa shape index (κ3) is 6.70. The van der Waals surface area contributed by atoms with Crippen molar-refractivity contribution in [1.82, 2.24) is 19.2 Å². The molecule has 35 heavy (non-hydrogen) atoms. The van der Waals surface area contributed by atoms with Crippen LogP contribution in [-0.2, 0) is 34.2 Å². The first-order valence-corrected chi connectivity index (χ1v) is 14.1. The molecule has 1 aromatic heterocycles. The molecule has 0 aliphatic carbocycles. The maximum atomic E-state index is 13.0. The molecule has 0 spiro atoms. The van der Waals surface area contributed by atoms with Gasteiger partial charge >= 0.3 is 0 Å². The van der Waals surface area contributed by atoms with Gasteiger partial charge in [0.25, 0.3) is 0 Å². The number of aromatic nitrogens is 2. The molecular formula is C27H38N4O3S. The van der Waals surface area contributed by atoms with Crippen LogP contribution >= 0.6 is 0 Å². The fourth-order valence-electron chi connectivity index (χ4n) is 4.37. The van der Waals surface area contributed by atoms with E-state index in [0.29, 0.717) is 31.4 Å². The van der Waals surface area contributed by atoms with Crippen LogP contribution < -0.4 is 5.32 Å². The molecular weight excluding hydrogens is 460 g/mol. The number of benzene rings is 2. The van der Waals surface area contributed by atoms with Crippen LogP contribution in [0.25, 0.3) is 11.0 Å². The van der Waals surface area contributed by atoms with Crippen molar-refractivity contribution in [2.75, 3.05) is 13.1 Å². The molecule has 1 heterocycles. The van der Waals surface area contributed by atoms with E-state index in [1.54, 1.807) is 12.1 Å². The summed E-state index contributed by atoms with van der Waals surface area (Å²) in [5.41, 5.74) is 2.82. The smallest absolute Gasteiger partial charge is 0.243 e. The molecule has 3 rings (SSSR count). The van der Waals surface area contributed by atoms with E-state index in [4.69, 9.17) is 4.98 Å². The number of aryl methyl sites for hydroxylation is 3. The lowest BCUT2D eigenvalue weighted by atomic mass is 10.1. The molecule has 0 bridgehead atoms. The van der Waals surface area contributed by atoms with Crippen LogP contribution in [0.5, 0.6) is 0 Å². The molecule has 7 nitrogen and oxygen atoms in total. The molecule has 2 aromatic carbocycles. The van der Waals surface area contributed by atoms with E-state index in [1.165, 1.54) is 9.87 Å². The summed E-state index contributed by atoms with van der Waals surface area (Å²) in [6, 6.07) is 15.5. The SMILES string of the molecule is CCCn1c(CCC(=O)NC(C)CCc2ccccc2)nc2cc(S(=O)(=O)N(CC)CC)ccc21. The standard InChI is InChI=1S/C27H38N4O3S/c1-5-19-31-25-16-15-23(35(33,34)30(6-2)7-3)20-24(25)29-26(31)17-18-27(32)28-21(4)13-14-22-11-9-8-10-12-22/h8-12,15-16,20-21H,5-7,13-14,17-19H2,1-4H3,(H,28,32). The van der Waals surface area contributed by atoms with Gasteiger partial charge in [-0.15, -0.1) is 0 Å². The molecule has 0 saturated heterocycles. The predicted octanol–water partition coefficient (Wildman–Crippen LogP) is 4.55. The van der Waals surface area contributed by atoms with Crippen LogP contribution in [-0.4, -0.2) is 47.3 Å². The van der Waals surface area contributed by atoms with Crippen LogP contribution in [0, 0.1) is 0 Å². The number of fused-ring (bicyclic) bond motifs is 1. The van der Waals surface area contributed by atoms with E-state index in [-0.39, 0.29) is 16.8 Å². The highest BCUT2D eigenvalue weighted by atomic mass is 32.2. The molecule has 1 amide bonds. The Hall–Kier alpha value is -2.71. The second-order valence-electron chi connectivity index (χ2n) is 8.91. The van der Waals surface area contributed by atoms with Gasteiger partial charge in [-0.3, -0.25) is 4.79 Å². The molecule has 3 aromatic rings. The van der Waals surface area contributed by atoms with Crippen LogP contribution in [0.1, 0.15) is 58.3 Å². The Labute approximate surface area is 209 Å². The van der Waals surface area contributed by atoms with Crippen molar-refractivity contribution in [2.45, 2.75) is 77.3 Å². The fourth-order valence-corrected chi connectivity index (χ4v) is 5.85. The van der Waals surface area contributed by atoms with Gasteiger partial charge in [0.05, 0.1) is 15.9 Å². The van der Waals surface area contributed by atoms with Crippen molar-refractivity contribution in [1.29, 1.82) is 0 Å². The second-order valence-corrected chi connectivity index (χ2v) is 10.9. The summed E-state index contributed by atoms with van der Waals surface area (Å²) in [7, 11) is -3.55. The first-order chi connectivity index (χ1) is 16.8. The maximum Gasteiger partial charge on any atom is 0.243 e. The Balaban J connectivity index is 1.69. The van der Waals surface area contributed by atoms with Gasteiger partial charge < -0.3 is 9.88 Å². The van der Waals surface area contributed by atoms with Gasteiger partial charge in [0.1, 0.15) is 5.82 Å². The maximum absolute atomic E-state index is 13.0. The third-order valence-electron chi connectivity index (χ3n) is 6.28. The number of hydrogen-bond donors (Lipinski definition) is 1. The Morgan fingerprint density at radius 2 is 1.77 bits per heavy atom. The van der Waals surface area contributed by atoms with Gasteiger partial charge in [-0.1, -0.05) is 51.1 Å². The third-order valence-corrected chi connectivity index (χ3v) is 8.33. The van der Waals surface area contributed by atoms with Crippen molar-refractivity contribution in [2.24, 2.45) is 0 Å². The minimum atomic E-state index is -3.55. The van der Waals surface area contributed by atoms with Crippen molar-refractivity contribution in [3.63, 3.8) is 0 Å². The minimum absolute atomic E-state index is 0.00506. The summed E-state index contributed by atoms with van der Waals surface area (Å²) in [5.74, 6) is 0.816. The molecule has 0 saturated carbocycles. The number of imidazole rings is 1. The van der Waals surface area contributed by atoms with E-state index < -0.39 is 10.0 Å². The molecule has 0 aliphatic heterocycles. The Bertz CT molecular complexity index is 1220. The van der Waals surface area contributed by atoms with Gasteiger partial charge in [0, 0.05) is 38.5 Å². The number of carbonyl (C=O) groups is 1. The van der Waals surface area contributed by atoms with E-state index in [0.717, 1.165) is 37.1 Å². The predicted molar refractivity (Wildman–Crippen MR) is 141 cm³/mol. The summed E-state index contributed by atoms with van der Waals surface area (Å²) < 4.78 is 29.5. The topological polar surface area (TPSA) is 84.3 Å². The van der Waals surface area contributed by atoms with Gasteiger partial charge in [-0.2, -0.15) is 4.31 Å². The zero-order valence-corrected chi connectivity index (χ0v) is 22.1. The highest BCUT2D eigenvalue weighted by Gasteiger charge is 2.23. The molecule has 1 atom stereocenters. The first-order valence-electron chi connectivity index (χ1n) is 12.6. The number of hydrogen-bond acceptors (Lipinski definition) is 4. The molecule has 0 radical (unpaired) electrons. The molecule has 190 valence electrons. The zero-order chi connectivity index (χ0) is 25.4. The lowest BCUT2D eigenvalue weighted by molar-refractivity contribution is -0.121. The van der Waals surface area contributed by atoms with Crippen LogP contribution in [0.3, 0.4) is 0 Å². The molecule has 0 fully saturated rings. The van der Waals surface area contributed by atoms with Crippen molar-refractivity contribution in [3.05, 3.63) is 59.9 Å². The van der Waals surface area contributed by atoms with Crippen molar-refractivity contribution >= 4 is 27.0 Å². The monoisotopic (exact) mass is 498 g/mol. The second kappa shape index (κ2) is 12.3. The van der Waals surface area contributed by atoms with E-state index in [1.807, 2.05) is 45.0 Å².